The van der Waals surface area contributed by atoms with Gasteiger partial charge in [-0.3, -0.25) is 9.48 Å². The lowest BCUT2D eigenvalue weighted by atomic mass is 10.2. The summed E-state index contributed by atoms with van der Waals surface area (Å²) in [6.07, 6.45) is 1.67. The predicted octanol–water partition coefficient (Wildman–Crippen LogP) is 2.25. The number of aromatic nitrogens is 2. The zero-order chi connectivity index (χ0) is 13.1. The molecule has 0 radical (unpaired) electrons. The molecule has 94 valence electrons. The van der Waals surface area contributed by atoms with Crippen LogP contribution in [0, 0.1) is 5.82 Å². The molecule has 2 rings (SSSR count). The van der Waals surface area contributed by atoms with Gasteiger partial charge in [-0.05, 0) is 40.2 Å². The van der Waals surface area contributed by atoms with Crippen molar-refractivity contribution < 1.29 is 9.18 Å². The number of carbonyl (C=O) groups excluding carboxylic acids is 1. The average molecular weight is 312 g/mol. The van der Waals surface area contributed by atoms with Crippen molar-refractivity contribution in [2.75, 3.05) is 0 Å². The monoisotopic (exact) mass is 311 g/mol. The molecule has 0 unspecified atom stereocenters. The fourth-order valence-electron chi connectivity index (χ4n) is 1.50. The minimum atomic E-state index is -0.360. The van der Waals surface area contributed by atoms with Crippen LogP contribution >= 0.6 is 15.9 Å². The number of benzene rings is 1. The van der Waals surface area contributed by atoms with Crippen LogP contribution in [-0.2, 0) is 13.6 Å². The summed E-state index contributed by atoms with van der Waals surface area (Å²) in [4.78, 5) is 11.8. The summed E-state index contributed by atoms with van der Waals surface area (Å²) in [6.45, 7) is 0.354. The fraction of sp³-hybridized carbons (Fsp3) is 0.167. The Morgan fingerprint density at radius 2 is 2.11 bits per heavy atom. The van der Waals surface area contributed by atoms with Crippen molar-refractivity contribution in [3.63, 3.8) is 0 Å². The molecule has 0 aliphatic carbocycles. The molecule has 0 spiro atoms. The van der Waals surface area contributed by atoms with Crippen LogP contribution in [0.3, 0.4) is 0 Å². The molecular formula is C12H11BrFN3O. The molecule has 0 aliphatic rings. The second kappa shape index (κ2) is 5.30. The lowest BCUT2D eigenvalue weighted by Gasteiger charge is -2.06. The Morgan fingerprint density at radius 1 is 1.44 bits per heavy atom. The van der Waals surface area contributed by atoms with E-state index in [4.69, 9.17) is 0 Å². The second-order valence-corrected chi connectivity index (χ2v) is 4.61. The molecule has 4 nitrogen and oxygen atoms in total. The average Bonchev–Trinajstić information content (AvgIpc) is 2.67. The van der Waals surface area contributed by atoms with Gasteiger partial charge in [0.15, 0.2) is 0 Å². The van der Waals surface area contributed by atoms with Gasteiger partial charge in [0.25, 0.3) is 5.91 Å². The van der Waals surface area contributed by atoms with Crippen LogP contribution in [0.4, 0.5) is 4.39 Å². The van der Waals surface area contributed by atoms with Gasteiger partial charge in [-0.1, -0.05) is 0 Å². The maximum atomic E-state index is 12.7. The molecule has 1 N–H and O–H groups in total. The van der Waals surface area contributed by atoms with Gasteiger partial charge in [0.05, 0.1) is 22.9 Å². The number of rotatable bonds is 3. The Balaban J connectivity index is 2.03. The molecule has 1 aromatic heterocycles. The van der Waals surface area contributed by atoms with Gasteiger partial charge in [-0.15, -0.1) is 0 Å². The first-order chi connectivity index (χ1) is 8.58. The van der Waals surface area contributed by atoms with Gasteiger partial charge < -0.3 is 5.32 Å². The zero-order valence-electron chi connectivity index (χ0n) is 9.65. The van der Waals surface area contributed by atoms with Crippen molar-refractivity contribution in [1.82, 2.24) is 15.1 Å². The molecule has 0 saturated heterocycles. The number of nitrogens with one attached hydrogen (secondary N) is 1. The molecule has 6 heteroatoms. The van der Waals surface area contributed by atoms with Crippen LogP contribution in [0.15, 0.2) is 34.9 Å². The fourth-order valence-corrected chi connectivity index (χ4v) is 1.99. The molecule has 1 aromatic carbocycles. The lowest BCUT2D eigenvalue weighted by Crippen LogP contribution is -2.24. The topological polar surface area (TPSA) is 46.9 Å². The smallest absolute Gasteiger partial charge is 0.251 e. The number of halogens is 2. The quantitative estimate of drug-likeness (QED) is 0.945. The number of carbonyl (C=O) groups is 1. The van der Waals surface area contributed by atoms with Crippen LogP contribution in [0.1, 0.15) is 16.1 Å². The standard InChI is InChI=1S/C12H11BrFN3O/c1-17-11(10(13)6-16-17)7-15-12(18)8-2-4-9(14)5-3-8/h2-6H,7H2,1H3,(H,15,18). The van der Waals surface area contributed by atoms with Crippen LogP contribution in [0.25, 0.3) is 0 Å². The van der Waals surface area contributed by atoms with Crippen molar-refractivity contribution in [1.29, 1.82) is 0 Å². The largest absolute Gasteiger partial charge is 0.346 e. The molecular weight excluding hydrogens is 301 g/mol. The summed E-state index contributed by atoms with van der Waals surface area (Å²) < 4.78 is 15.2. The van der Waals surface area contributed by atoms with Gasteiger partial charge >= 0.3 is 0 Å². The van der Waals surface area contributed by atoms with Gasteiger partial charge in [0.1, 0.15) is 5.82 Å². The van der Waals surface area contributed by atoms with E-state index in [1.165, 1.54) is 24.3 Å². The number of hydrogen-bond acceptors (Lipinski definition) is 2. The molecule has 0 atom stereocenters. The SMILES string of the molecule is Cn1ncc(Br)c1CNC(=O)c1ccc(F)cc1. The summed E-state index contributed by atoms with van der Waals surface area (Å²) in [5, 5.41) is 6.80. The van der Waals surface area contributed by atoms with E-state index < -0.39 is 0 Å². The Labute approximate surface area is 112 Å². The van der Waals surface area contributed by atoms with E-state index in [2.05, 4.69) is 26.3 Å². The van der Waals surface area contributed by atoms with Crippen molar-refractivity contribution >= 4 is 21.8 Å². The molecule has 1 heterocycles. The minimum absolute atomic E-state index is 0.247. The first-order valence-electron chi connectivity index (χ1n) is 5.28. The maximum Gasteiger partial charge on any atom is 0.251 e. The third kappa shape index (κ3) is 2.76. The molecule has 18 heavy (non-hydrogen) atoms. The Morgan fingerprint density at radius 3 is 2.67 bits per heavy atom. The molecule has 0 saturated carbocycles. The summed E-state index contributed by atoms with van der Waals surface area (Å²) in [5.41, 5.74) is 1.29. The molecule has 0 bridgehead atoms. The third-order valence-corrected chi connectivity index (χ3v) is 3.20. The highest BCUT2D eigenvalue weighted by molar-refractivity contribution is 9.10. The van der Waals surface area contributed by atoms with E-state index in [-0.39, 0.29) is 11.7 Å². The normalized spacial score (nSPS) is 10.4. The van der Waals surface area contributed by atoms with E-state index in [1.807, 2.05) is 0 Å². The van der Waals surface area contributed by atoms with E-state index in [1.54, 1.807) is 17.9 Å². The third-order valence-electron chi connectivity index (χ3n) is 2.53. The first kappa shape index (κ1) is 12.8. The summed E-state index contributed by atoms with van der Waals surface area (Å²) in [7, 11) is 1.80. The van der Waals surface area contributed by atoms with E-state index in [0.717, 1.165) is 10.2 Å². The van der Waals surface area contributed by atoms with Crippen molar-refractivity contribution in [2.24, 2.45) is 7.05 Å². The number of nitrogens with zero attached hydrogens (tertiary/aromatic N) is 2. The molecule has 0 fully saturated rings. The molecule has 0 aliphatic heterocycles. The zero-order valence-corrected chi connectivity index (χ0v) is 11.2. The van der Waals surface area contributed by atoms with Crippen molar-refractivity contribution in [3.8, 4) is 0 Å². The van der Waals surface area contributed by atoms with Gasteiger partial charge in [-0.25, -0.2) is 4.39 Å². The number of hydrogen-bond donors (Lipinski definition) is 1. The van der Waals surface area contributed by atoms with Crippen LogP contribution < -0.4 is 5.32 Å². The van der Waals surface area contributed by atoms with Gasteiger partial charge in [-0.2, -0.15) is 5.10 Å². The van der Waals surface area contributed by atoms with Crippen LogP contribution in [-0.4, -0.2) is 15.7 Å². The molecule has 2 aromatic rings. The summed E-state index contributed by atoms with van der Waals surface area (Å²) in [5.74, 6) is -0.607. The Bertz CT molecular complexity index is 546. The predicted molar refractivity (Wildman–Crippen MR) is 68.5 cm³/mol. The lowest BCUT2D eigenvalue weighted by molar-refractivity contribution is 0.0950. The van der Waals surface area contributed by atoms with Crippen LogP contribution in [0.5, 0.6) is 0 Å². The minimum Gasteiger partial charge on any atom is -0.346 e. The van der Waals surface area contributed by atoms with Gasteiger partial charge in [0, 0.05) is 12.6 Å². The first-order valence-corrected chi connectivity index (χ1v) is 6.07. The Hall–Kier alpha value is -1.69. The maximum absolute atomic E-state index is 12.7. The van der Waals surface area contributed by atoms with Crippen LogP contribution in [0.2, 0.25) is 0 Å². The highest BCUT2D eigenvalue weighted by atomic mass is 79.9. The van der Waals surface area contributed by atoms with Crippen molar-refractivity contribution in [3.05, 3.63) is 52.0 Å². The summed E-state index contributed by atoms with van der Waals surface area (Å²) >= 11 is 3.35. The van der Waals surface area contributed by atoms with E-state index in [0.29, 0.717) is 12.1 Å². The number of aryl methyl sites for hydroxylation is 1. The van der Waals surface area contributed by atoms with Crippen molar-refractivity contribution in [2.45, 2.75) is 6.54 Å². The van der Waals surface area contributed by atoms with Gasteiger partial charge in [0.2, 0.25) is 0 Å². The highest BCUT2D eigenvalue weighted by Crippen LogP contribution is 2.14. The van der Waals surface area contributed by atoms with E-state index >= 15 is 0 Å². The Kier molecular flexibility index (Phi) is 3.76. The summed E-state index contributed by atoms with van der Waals surface area (Å²) in [6, 6.07) is 5.41. The second-order valence-electron chi connectivity index (χ2n) is 3.75. The van der Waals surface area contributed by atoms with E-state index in [9.17, 15) is 9.18 Å². The highest BCUT2D eigenvalue weighted by Gasteiger charge is 2.09. The molecule has 1 amide bonds. The number of amides is 1.